The van der Waals surface area contributed by atoms with E-state index in [4.69, 9.17) is 9.31 Å². The molecule has 1 saturated heterocycles. The molecular formula is C18H18BNO4. The molecule has 2 aromatic carbocycles. The summed E-state index contributed by atoms with van der Waals surface area (Å²) in [7, 11) is 0.671. The average Bonchev–Trinajstić information content (AvgIpc) is 2.53. The van der Waals surface area contributed by atoms with Crippen molar-refractivity contribution in [2.24, 2.45) is 0 Å². The summed E-state index contributed by atoms with van der Waals surface area (Å²) in [4.78, 5) is 25.2. The van der Waals surface area contributed by atoms with Crippen LogP contribution in [0.3, 0.4) is 0 Å². The van der Waals surface area contributed by atoms with Gasteiger partial charge in [0, 0.05) is 5.46 Å². The first kappa shape index (κ1) is 16.3. The fourth-order valence-corrected chi connectivity index (χ4v) is 2.55. The highest BCUT2D eigenvalue weighted by atomic mass is 16.6. The van der Waals surface area contributed by atoms with Crippen LogP contribution < -0.4 is 5.46 Å². The molecule has 0 amide bonds. The van der Waals surface area contributed by atoms with Crippen LogP contribution in [0.1, 0.15) is 5.56 Å². The number of hydrogen-bond acceptors (Lipinski definition) is 5. The Labute approximate surface area is 141 Å². The molecule has 0 N–H and O–H groups in total. The molecule has 0 bridgehead atoms. The van der Waals surface area contributed by atoms with E-state index < -0.39 is 19.1 Å². The van der Waals surface area contributed by atoms with Gasteiger partial charge >= 0.3 is 19.1 Å². The Kier molecular flexibility index (Phi) is 4.67. The van der Waals surface area contributed by atoms with Crippen molar-refractivity contribution in [1.82, 2.24) is 4.90 Å². The van der Waals surface area contributed by atoms with Crippen LogP contribution in [0.2, 0.25) is 0 Å². The lowest BCUT2D eigenvalue weighted by molar-refractivity contribution is -0.145. The van der Waals surface area contributed by atoms with Gasteiger partial charge < -0.3 is 9.31 Å². The first-order valence-corrected chi connectivity index (χ1v) is 7.76. The van der Waals surface area contributed by atoms with Gasteiger partial charge in [-0.3, -0.25) is 14.5 Å². The molecule has 2 aromatic rings. The van der Waals surface area contributed by atoms with Crippen molar-refractivity contribution in [3.8, 4) is 11.1 Å². The quantitative estimate of drug-likeness (QED) is 0.782. The Bertz CT molecular complexity index is 723. The third-order valence-electron chi connectivity index (χ3n) is 3.84. The minimum absolute atomic E-state index is 0.0625. The van der Waals surface area contributed by atoms with E-state index in [-0.39, 0.29) is 13.1 Å². The van der Waals surface area contributed by atoms with Crippen molar-refractivity contribution >= 4 is 24.5 Å². The maximum atomic E-state index is 11.8. The van der Waals surface area contributed by atoms with Crippen molar-refractivity contribution in [3.63, 3.8) is 0 Å². The summed E-state index contributed by atoms with van der Waals surface area (Å²) in [6.07, 6.45) is 0. The van der Waals surface area contributed by atoms with Crippen LogP contribution in [0, 0.1) is 6.92 Å². The standard InChI is InChI=1S/C18H18BNO4/c1-13-3-5-14(6-4-13)15-7-9-16(10-8-15)19-23-17(21)11-20(2)12-18(22)24-19/h3-10H,11-12H2,1-2H3. The van der Waals surface area contributed by atoms with Gasteiger partial charge in [0.1, 0.15) is 0 Å². The van der Waals surface area contributed by atoms with E-state index in [9.17, 15) is 9.59 Å². The molecule has 6 heteroatoms. The van der Waals surface area contributed by atoms with Crippen LogP contribution in [0.4, 0.5) is 0 Å². The molecule has 1 aliphatic rings. The summed E-state index contributed by atoms with van der Waals surface area (Å²) in [6, 6.07) is 15.7. The predicted octanol–water partition coefficient (Wildman–Crippen LogP) is 1.39. The first-order valence-electron chi connectivity index (χ1n) is 7.76. The molecular weight excluding hydrogens is 305 g/mol. The Balaban J connectivity index is 1.80. The van der Waals surface area contributed by atoms with E-state index >= 15 is 0 Å². The zero-order chi connectivity index (χ0) is 17.1. The maximum Gasteiger partial charge on any atom is 0.636 e. The van der Waals surface area contributed by atoms with Crippen LogP contribution in [0.5, 0.6) is 0 Å². The van der Waals surface area contributed by atoms with Crippen LogP contribution in [-0.2, 0) is 18.9 Å². The second-order valence-corrected chi connectivity index (χ2v) is 5.97. The lowest BCUT2D eigenvalue weighted by Gasteiger charge is -2.22. The normalized spacial score (nSPS) is 16.2. The molecule has 122 valence electrons. The third-order valence-corrected chi connectivity index (χ3v) is 3.84. The van der Waals surface area contributed by atoms with Crippen LogP contribution >= 0.6 is 0 Å². The lowest BCUT2D eigenvalue weighted by atomic mass is 9.78. The Morgan fingerprint density at radius 2 is 1.29 bits per heavy atom. The Morgan fingerprint density at radius 1 is 0.833 bits per heavy atom. The number of carbonyl (C=O) groups excluding carboxylic acids is 2. The Morgan fingerprint density at radius 3 is 1.79 bits per heavy atom. The van der Waals surface area contributed by atoms with Crippen molar-refractivity contribution < 1.29 is 18.9 Å². The summed E-state index contributed by atoms with van der Waals surface area (Å²) in [5.41, 5.74) is 3.98. The minimum Gasteiger partial charge on any atom is -0.494 e. The van der Waals surface area contributed by atoms with Gasteiger partial charge in [-0.05, 0) is 25.1 Å². The van der Waals surface area contributed by atoms with E-state index in [1.807, 2.05) is 31.2 Å². The number of likely N-dealkylation sites (N-methyl/N-ethyl adjacent to an activating group) is 1. The first-order chi connectivity index (χ1) is 11.5. The summed E-state index contributed by atoms with van der Waals surface area (Å²) in [5, 5.41) is 0. The van der Waals surface area contributed by atoms with Crippen molar-refractivity contribution in [2.75, 3.05) is 20.1 Å². The SMILES string of the molecule is Cc1ccc(-c2ccc(B3OC(=O)CN(C)CC(=O)O3)cc2)cc1. The number of hydrogen-bond donors (Lipinski definition) is 0. The average molecular weight is 323 g/mol. The second-order valence-electron chi connectivity index (χ2n) is 5.97. The summed E-state index contributed by atoms with van der Waals surface area (Å²) >= 11 is 0. The molecule has 24 heavy (non-hydrogen) atoms. The number of aryl methyl sites for hydroxylation is 1. The molecule has 3 rings (SSSR count). The fraction of sp³-hybridized carbons (Fsp3) is 0.222. The largest absolute Gasteiger partial charge is 0.636 e. The van der Waals surface area contributed by atoms with Crippen molar-refractivity contribution in [2.45, 2.75) is 6.92 Å². The zero-order valence-electron chi connectivity index (χ0n) is 13.7. The van der Waals surface area contributed by atoms with Gasteiger partial charge in [-0.15, -0.1) is 0 Å². The lowest BCUT2D eigenvalue weighted by Crippen LogP contribution is -2.47. The van der Waals surface area contributed by atoms with Crippen LogP contribution in [-0.4, -0.2) is 44.1 Å². The second kappa shape index (κ2) is 6.89. The van der Waals surface area contributed by atoms with E-state index in [0.29, 0.717) is 5.46 Å². The molecule has 0 aromatic heterocycles. The van der Waals surface area contributed by atoms with Gasteiger partial charge in [-0.2, -0.15) is 0 Å². The molecule has 0 unspecified atom stereocenters. The number of benzene rings is 2. The minimum atomic E-state index is -0.995. The highest BCUT2D eigenvalue weighted by Crippen LogP contribution is 2.18. The maximum absolute atomic E-state index is 11.8. The molecule has 1 fully saturated rings. The van der Waals surface area contributed by atoms with Crippen molar-refractivity contribution in [3.05, 3.63) is 54.1 Å². The van der Waals surface area contributed by atoms with Gasteiger partial charge in [0.25, 0.3) is 0 Å². The number of nitrogens with zero attached hydrogens (tertiary/aromatic N) is 1. The van der Waals surface area contributed by atoms with Gasteiger partial charge in [-0.1, -0.05) is 54.1 Å². The van der Waals surface area contributed by atoms with Gasteiger partial charge in [-0.25, -0.2) is 0 Å². The van der Waals surface area contributed by atoms with E-state index in [2.05, 4.69) is 24.3 Å². The van der Waals surface area contributed by atoms with Crippen molar-refractivity contribution in [1.29, 1.82) is 0 Å². The molecule has 0 saturated carbocycles. The van der Waals surface area contributed by atoms with Gasteiger partial charge in [0.05, 0.1) is 13.1 Å². The monoisotopic (exact) mass is 323 g/mol. The summed E-state index contributed by atoms with van der Waals surface area (Å²) in [5.74, 6) is -0.838. The highest BCUT2D eigenvalue weighted by Gasteiger charge is 2.33. The fourth-order valence-electron chi connectivity index (χ4n) is 2.55. The molecule has 0 radical (unpaired) electrons. The van der Waals surface area contributed by atoms with Gasteiger partial charge in [0.2, 0.25) is 0 Å². The molecule has 1 heterocycles. The van der Waals surface area contributed by atoms with Crippen LogP contribution in [0.15, 0.2) is 48.5 Å². The zero-order valence-corrected chi connectivity index (χ0v) is 13.7. The smallest absolute Gasteiger partial charge is 0.494 e. The molecule has 0 aliphatic carbocycles. The highest BCUT2D eigenvalue weighted by molar-refractivity contribution is 6.64. The number of rotatable bonds is 2. The topological polar surface area (TPSA) is 55.8 Å². The summed E-state index contributed by atoms with van der Waals surface area (Å²) in [6.45, 7) is 2.17. The van der Waals surface area contributed by atoms with E-state index in [1.165, 1.54) is 5.56 Å². The van der Waals surface area contributed by atoms with E-state index in [1.54, 1.807) is 11.9 Å². The third kappa shape index (κ3) is 3.83. The predicted molar refractivity (Wildman–Crippen MR) is 91.7 cm³/mol. The number of carbonyl (C=O) groups is 2. The van der Waals surface area contributed by atoms with Gasteiger partial charge in [0.15, 0.2) is 0 Å². The molecule has 1 aliphatic heterocycles. The Hall–Kier alpha value is -2.60. The van der Waals surface area contributed by atoms with Crippen LogP contribution in [0.25, 0.3) is 11.1 Å². The summed E-state index contributed by atoms with van der Waals surface area (Å²) < 4.78 is 10.5. The molecule has 5 nitrogen and oxygen atoms in total. The molecule has 0 atom stereocenters. The van der Waals surface area contributed by atoms with E-state index in [0.717, 1.165) is 11.1 Å². The molecule has 0 spiro atoms.